The summed E-state index contributed by atoms with van der Waals surface area (Å²) in [5, 5.41) is 3.33. The Bertz CT molecular complexity index is 966. The molecule has 0 saturated heterocycles. The second-order valence-electron chi connectivity index (χ2n) is 7.20. The number of methoxy groups -OCH3 is 1. The lowest BCUT2D eigenvalue weighted by Crippen LogP contribution is -2.32. The van der Waals surface area contributed by atoms with Gasteiger partial charge >= 0.3 is 0 Å². The molecule has 1 atom stereocenters. The van der Waals surface area contributed by atoms with Crippen LogP contribution in [0.3, 0.4) is 0 Å². The summed E-state index contributed by atoms with van der Waals surface area (Å²) in [5.41, 5.74) is 0.867. The maximum Gasteiger partial charge on any atom is 0.246 e. The lowest BCUT2D eigenvalue weighted by molar-refractivity contribution is 0.271. The van der Waals surface area contributed by atoms with Crippen molar-refractivity contribution in [1.82, 2.24) is 9.62 Å². The standard InChI is InChI=1S/C22H31FN2O5S/c1-6-29-19-10-8-18(23)15-21(19)30-12-11-24-16(2)13-17-7-9-20(28-5)22(14-17)31(26,27)25(3)4/h7-10,14-16,24H,6,11-13H2,1-5H3. The molecule has 2 aromatic carbocycles. The molecule has 0 spiro atoms. The third-order valence-electron chi connectivity index (χ3n) is 4.59. The number of ether oxygens (including phenoxy) is 3. The third kappa shape index (κ3) is 6.81. The van der Waals surface area contributed by atoms with Crippen molar-refractivity contribution >= 4 is 10.0 Å². The summed E-state index contributed by atoms with van der Waals surface area (Å²) in [4.78, 5) is 0.141. The Morgan fingerprint density at radius 2 is 1.77 bits per heavy atom. The molecule has 0 heterocycles. The van der Waals surface area contributed by atoms with Gasteiger partial charge in [0.25, 0.3) is 0 Å². The van der Waals surface area contributed by atoms with E-state index in [-0.39, 0.29) is 16.8 Å². The van der Waals surface area contributed by atoms with Gasteiger partial charge in [-0.25, -0.2) is 17.1 Å². The van der Waals surface area contributed by atoms with Gasteiger partial charge in [0.1, 0.15) is 23.1 Å². The second kappa shape index (κ2) is 11.3. The van der Waals surface area contributed by atoms with Gasteiger partial charge in [0, 0.05) is 32.7 Å². The molecule has 31 heavy (non-hydrogen) atoms. The van der Waals surface area contributed by atoms with Gasteiger partial charge in [-0.3, -0.25) is 0 Å². The van der Waals surface area contributed by atoms with Gasteiger partial charge in [0.2, 0.25) is 10.0 Å². The van der Waals surface area contributed by atoms with Gasteiger partial charge in [0.15, 0.2) is 11.5 Å². The van der Waals surface area contributed by atoms with Crippen LogP contribution < -0.4 is 19.5 Å². The highest BCUT2D eigenvalue weighted by atomic mass is 32.2. The van der Waals surface area contributed by atoms with E-state index in [1.54, 1.807) is 18.2 Å². The van der Waals surface area contributed by atoms with Crippen molar-refractivity contribution in [3.63, 3.8) is 0 Å². The van der Waals surface area contributed by atoms with E-state index in [4.69, 9.17) is 14.2 Å². The lowest BCUT2D eigenvalue weighted by atomic mass is 10.1. The quantitative estimate of drug-likeness (QED) is 0.497. The van der Waals surface area contributed by atoms with Crippen LogP contribution in [0.15, 0.2) is 41.3 Å². The molecule has 0 amide bonds. The number of nitrogens with one attached hydrogen (secondary N) is 1. The van der Waals surface area contributed by atoms with E-state index in [0.717, 1.165) is 9.87 Å². The average molecular weight is 455 g/mol. The zero-order valence-electron chi connectivity index (χ0n) is 18.6. The molecule has 0 aliphatic heterocycles. The summed E-state index contributed by atoms with van der Waals surface area (Å²) in [5.74, 6) is 0.796. The molecule has 0 bridgehead atoms. The minimum absolute atomic E-state index is 0.0609. The summed E-state index contributed by atoms with van der Waals surface area (Å²) in [6.45, 7) is 5.17. The lowest BCUT2D eigenvalue weighted by Gasteiger charge is -2.18. The maximum absolute atomic E-state index is 13.5. The first-order chi connectivity index (χ1) is 14.7. The first-order valence-electron chi connectivity index (χ1n) is 10.1. The number of rotatable bonds is 12. The fourth-order valence-electron chi connectivity index (χ4n) is 3.01. The van der Waals surface area contributed by atoms with Gasteiger partial charge in [-0.05, 0) is 50.1 Å². The highest BCUT2D eigenvalue weighted by Gasteiger charge is 2.22. The summed E-state index contributed by atoms with van der Waals surface area (Å²) < 4.78 is 56.1. The van der Waals surface area contributed by atoms with Gasteiger partial charge in [-0.2, -0.15) is 0 Å². The van der Waals surface area contributed by atoms with Crippen LogP contribution in [0.1, 0.15) is 19.4 Å². The van der Waals surface area contributed by atoms with E-state index < -0.39 is 10.0 Å². The Morgan fingerprint density at radius 3 is 2.42 bits per heavy atom. The molecule has 0 aliphatic rings. The van der Waals surface area contributed by atoms with Crippen molar-refractivity contribution in [3.8, 4) is 17.2 Å². The minimum atomic E-state index is -3.62. The molecule has 1 unspecified atom stereocenters. The van der Waals surface area contributed by atoms with Crippen LogP contribution in [-0.4, -0.2) is 59.7 Å². The molecule has 0 aromatic heterocycles. The predicted molar refractivity (Wildman–Crippen MR) is 118 cm³/mol. The molecule has 0 fully saturated rings. The Hall–Kier alpha value is -2.36. The summed E-state index contributed by atoms with van der Waals surface area (Å²) >= 11 is 0. The number of benzene rings is 2. The van der Waals surface area contributed by atoms with Crippen LogP contribution in [0.25, 0.3) is 0 Å². The van der Waals surface area contributed by atoms with E-state index in [0.29, 0.717) is 43.4 Å². The average Bonchev–Trinajstić information content (AvgIpc) is 2.73. The Morgan fingerprint density at radius 1 is 1.06 bits per heavy atom. The van der Waals surface area contributed by atoms with Crippen LogP contribution >= 0.6 is 0 Å². The Balaban J connectivity index is 1.95. The van der Waals surface area contributed by atoms with Crippen molar-refractivity contribution in [3.05, 3.63) is 47.8 Å². The minimum Gasteiger partial charge on any atom is -0.495 e. The molecule has 1 N–H and O–H groups in total. The molecule has 9 heteroatoms. The number of hydrogen-bond acceptors (Lipinski definition) is 6. The van der Waals surface area contributed by atoms with Crippen molar-refractivity contribution in [2.45, 2.75) is 31.2 Å². The van der Waals surface area contributed by atoms with Gasteiger partial charge < -0.3 is 19.5 Å². The first-order valence-corrected chi connectivity index (χ1v) is 11.5. The highest BCUT2D eigenvalue weighted by molar-refractivity contribution is 7.89. The zero-order valence-corrected chi connectivity index (χ0v) is 19.5. The number of halogens is 1. The number of nitrogens with zero attached hydrogens (tertiary/aromatic N) is 1. The van der Waals surface area contributed by atoms with Gasteiger partial charge in [0.05, 0.1) is 13.7 Å². The van der Waals surface area contributed by atoms with Crippen LogP contribution in [0.4, 0.5) is 4.39 Å². The van der Waals surface area contributed by atoms with Crippen LogP contribution in [-0.2, 0) is 16.4 Å². The van der Waals surface area contributed by atoms with E-state index in [2.05, 4.69) is 5.32 Å². The molecular formula is C22H31FN2O5S. The summed E-state index contributed by atoms with van der Waals surface area (Å²) in [6.07, 6.45) is 0.615. The zero-order chi connectivity index (χ0) is 23.0. The maximum atomic E-state index is 13.5. The fraction of sp³-hybridized carbons (Fsp3) is 0.455. The molecule has 172 valence electrons. The van der Waals surface area contributed by atoms with E-state index >= 15 is 0 Å². The summed E-state index contributed by atoms with van der Waals surface area (Å²) in [6, 6.07) is 9.41. The first kappa shape index (κ1) is 24.9. The Kier molecular flexibility index (Phi) is 9.09. The van der Waals surface area contributed by atoms with Crippen LogP contribution in [0.2, 0.25) is 0 Å². The van der Waals surface area contributed by atoms with Crippen LogP contribution in [0, 0.1) is 5.82 Å². The SMILES string of the molecule is CCOc1ccc(F)cc1OCCNC(C)Cc1ccc(OC)c(S(=O)(=O)N(C)C)c1. The number of hydrogen-bond donors (Lipinski definition) is 1. The fourth-order valence-corrected chi connectivity index (χ4v) is 4.11. The molecule has 0 radical (unpaired) electrons. The third-order valence-corrected chi connectivity index (χ3v) is 6.42. The van der Waals surface area contributed by atoms with Gasteiger partial charge in [-0.15, -0.1) is 0 Å². The Labute approximate surface area is 184 Å². The van der Waals surface area contributed by atoms with Gasteiger partial charge in [-0.1, -0.05) is 6.07 Å². The normalized spacial score (nSPS) is 12.6. The molecule has 2 aromatic rings. The van der Waals surface area contributed by atoms with Crippen LogP contribution in [0.5, 0.6) is 17.2 Å². The monoisotopic (exact) mass is 454 g/mol. The molecule has 0 aliphatic carbocycles. The van der Waals surface area contributed by atoms with Crippen molar-refractivity contribution in [1.29, 1.82) is 0 Å². The topological polar surface area (TPSA) is 77.1 Å². The smallest absolute Gasteiger partial charge is 0.246 e. The second-order valence-corrected chi connectivity index (χ2v) is 9.32. The molecular weight excluding hydrogens is 423 g/mol. The molecule has 2 rings (SSSR count). The predicted octanol–water partition coefficient (Wildman–Crippen LogP) is 3.08. The molecule has 0 saturated carbocycles. The largest absolute Gasteiger partial charge is 0.495 e. The van der Waals surface area contributed by atoms with Crippen molar-refractivity contribution < 1.29 is 27.0 Å². The summed E-state index contributed by atoms with van der Waals surface area (Å²) in [7, 11) is 0.806. The van der Waals surface area contributed by atoms with E-state index in [1.807, 2.05) is 19.9 Å². The van der Waals surface area contributed by atoms with E-state index in [1.165, 1.54) is 33.3 Å². The van der Waals surface area contributed by atoms with Crippen molar-refractivity contribution in [2.75, 3.05) is 41.0 Å². The molecule has 7 nitrogen and oxygen atoms in total. The van der Waals surface area contributed by atoms with E-state index in [9.17, 15) is 12.8 Å². The highest BCUT2D eigenvalue weighted by Crippen LogP contribution is 2.28. The number of sulfonamides is 1. The van der Waals surface area contributed by atoms with Crippen molar-refractivity contribution in [2.24, 2.45) is 0 Å².